The van der Waals surface area contributed by atoms with Gasteiger partial charge in [0.15, 0.2) is 0 Å². The van der Waals surface area contributed by atoms with Crippen LogP contribution in [0.15, 0.2) is 49.1 Å². The molecule has 0 radical (unpaired) electrons. The molecule has 1 aromatic carbocycles. The number of morpholine rings is 1. The molecule has 2 N–H and O–H groups in total. The van der Waals surface area contributed by atoms with E-state index in [4.69, 9.17) is 16.3 Å². The quantitative estimate of drug-likeness (QED) is 0.716. The molecule has 0 spiro atoms. The van der Waals surface area contributed by atoms with Gasteiger partial charge in [-0.25, -0.2) is 14.6 Å². The summed E-state index contributed by atoms with van der Waals surface area (Å²) >= 11 is 5.78. The van der Waals surface area contributed by atoms with Crippen molar-refractivity contribution >= 4 is 23.2 Å². The van der Waals surface area contributed by atoms with E-state index in [1.54, 1.807) is 6.20 Å². The number of nitrogens with zero attached hydrogens (tertiary/aromatic N) is 4. The van der Waals surface area contributed by atoms with Crippen LogP contribution in [0.2, 0.25) is 5.02 Å². The minimum atomic E-state index is -0.265. The molecule has 1 saturated heterocycles. The van der Waals surface area contributed by atoms with Crippen molar-refractivity contribution in [1.29, 1.82) is 0 Å². The Morgan fingerprint density at radius 2 is 2.00 bits per heavy atom. The van der Waals surface area contributed by atoms with Crippen LogP contribution in [0.3, 0.4) is 0 Å². The van der Waals surface area contributed by atoms with Crippen LogP contribution >= 0.6 is 11.6 Å². The molecule has 0 saturated carbocycles. The number of carbonyl (C=O) groups excluding carboxylic acids is 1. The molecule has 4 rings (SSSR count). The highest BCUT2D eigenvalue weighted by Crippen LogP contribution is 2.21. The van der Waals surface area contributed by atoms with Crippen LogP contribution in [0.5, 0.6) is 0 Å². The number of hydrogen-bond donors (Lipinski definition) is 2. The largest absolute Gasteiger partial charge is 0.371 e. The molecule has 1 fully saturated rings. The fraction of sp³-hybridized carbons (Fsp3) is 0.222. The maximum atomic E-state index is 12.4. The Labute approximate surface area is 160 Å². The molecule has 27 heavy (non-hydrogen) atoms. The summed E-state index contributed by atoms with van der Waals surface area (Å²) in [5.41, 5.74) is 2.17. The minimum absolute atomic E-state index is 0.0427. The lowest BCUT2D eigenvalue weighted by atomic mass is 10.1. The number of nitrogens with one attached hydrogen (secondary N) is 2. The van der Waals surface area contributed by atoms with Gasteiger partial charge in [-0.3, -0.25) is 4.79 Å². The van der Waals surface area contributed by atoms with E-state index in [-0.39, 0.29) is 12.0 Å². The third-order valence-electron chi connectivity index (χ3n) is 4.12. The predicted molar refractivity (Wildman–Crippen MR) is 100 cm³/mol. The van der Waals surface area contributed by atoms with E-state index in [0.717, 1.165) is 18.7 Å². The lowest BCUT2D eigenvalue weighted by Gasteiger charge is -2.24. The van der Waals surface area contributed by atoms with E-state index in [9.17, 15) is 4.79 Å². The van der Waals surface area contributed by atoms with Crippen LogP contribution < -0.4 is 10.6 Å². The van der Waals surface area contributed by atoms with Gasteiger partial charge >= 0.3 is 0 Å². The number of rotatable bonds is 4. The number of amides is 1. The summed E-state index contributed by atoms with van der Waals surface area (Å²) in [7, 11) is 0. The molecule has 1 aliphatic rings. The zero-order chi connectivity index (χ0) is 18.6. The van der Waals surface area contributed by atoms with Gasteiger partial charge in [-0.1, -0.05) is 23.7 Å². The Morgan fingerprint density at radius 1 is 1.22 bits per heavy atom. The van der Waals surface area contributed by atoms with Crippen LogP contribution in [0.25, 0.3) is 5.95 Å². The van der Waals surface area contributed by atoms with Gasteiger partial charge in [-0.2, -0.15) is 5.10 Å². The first-order valence-electron chi connectivity index (χ1n) is 8.45. The van der Waals surface area contributed by atoms with Crippen molar-refractivity contribution in [3.05, 3.63) is 65.2 Å². The number of anilines is 1. The van der Waals surface area contributed by atoms with Crippen molar-refractivity contribution in [1.82, 2.24) is 25.1 Å². The average Bonchev–Trinajstić information content (AvgIpc) is 3.20. The maximum Gasteiger partial charge on any atom is 0.258 e. The van der Waals surface area contributed by atoms with Crippen molar-refractivity contribution in [3.63, 3.8) is 0 Å². The third-order valence-corrected chi connectivity index (χ3v) is 4.32. The van der Waals surface area contributed by atoms with Crippen LogP contribution in [-0.2, 0) is 4.74 Å². The zero-order valence-electron chi connectivity index (χ0n) is 14.3. The van der Waals surface area contributed by atoms with Gasteiger partial charge in [0, 0.05) is 25.0 Å². The predicted octanol–water partition coefficient (Wildman–Crippen LogP) is 2.23. The first kappa shape index (κ1) is 17.6. The van der Waals surface area contributed by atoms with Crippen molar-refractivity contribution in [2.24, 2.45) is 0 Å². The minimum Gasteiger partial charge on any atom is -0.371 e. The number of benzene rings is 1. The van der Waals surface area contributed by atoms with Gasteiger partial charge in [-0.15, -0.1) is 0 Å². The van der Waals surface area contributed by atoms with E-state index in [2.05, 4.69) is 25.7 Å². The molecule has 1 aliphatic heterocycles. The summed E-state index contributed by atoms with van der Waals surface area (Å²) in [5, 5.41) is 10.7. The number of aromatic nitrogens is 4. The van der Waals surface area contributed by atoms with Crippen LogP contribution in [0.4, 0.5) is 5.69 Å². The van der Waals surface area contributed by atoms with Crippen molar-refractivity contribution < 1.29 is 9.53 Å². The average molecular weight is 385 g/mol. The maximum absolute atomic E-state index is 12.4. The lowest BCUT2D eigenvalue weighted by molar-refractivity contribution is 0.0277. The van der Waals surface area contributed by atoms with Crippen molar-refractivity contribution in [2.75, 3.05) is 25.0 Å². The Balaban J connectivity index is 1.42. The second kappa shape index (κ2) is 7.83. The molecule has 2 aromatic heterocycles. The van der Waals surface area contributed by atoms with Gasteiger partial charge in [0.2, 0.25) is 0 Å². The Kier molecular flexibility index (Phi) is 5.10. The Morgan fingerprint density at radius 3 is 2.70 bits per heavy atom. The molecule has 8 nitrogen and oxygen atoms in total. The number of ether oxygens (including phenoxy) is 1. The normalized spacial score (nSPS) is 16.9. The number of carbonyl (C=O) groups is 1. The zero-order valence-corrected chi connectivity index (χ0v) is 15.1. The van der Waals surface area contributed by atoms with Crippen molar-refractivity contribution in [3.8, 4) is 5.95 Å². The molecule has 1 atom stereocenters. The first-order chi connectivity index (χ1) is 13.2. The summed E-state index contributed by atoms with van der Waals surface area (Å²) in [6.07, 6.45) is 6.01. The smallest absolute Gasteiger partial charge is 0.258 e. The molecule has 3 aromatic rings. The number of halogens is 1. The molecule has 0 unspecified atom stereocenters. The standard InChI is InChI=1S/C18H17ClN6O2/c19-14-8-21-18(22-9-14)25-11-13(7-23-25)17(26)24-15-3-1-12(2-4-15)16-10-20-5-6-27-16/h1-4,7-9,11,16,20H,5-6,10H2,(H,24,26)/t16-/m1/s1. The SMILES string of the molecule is O=C(Nc1ccc([C@H]2CNCCO2)cc1)c1cnn(-c2ncc(Cl)cn2)c1. The highest BCUT2D eigenvalue weighted by molar-refractivity contribution is 6.30. The number of hydrogen-bond acceptors (Lipinski definition) is 6. The molecule has 0 aliphatic carbocycles. The molecule has 138 valence electrons. The summed E-state index contributed by atoms with van der Waals surface area (Å²) in [4.78, 5) is 20.6. The molecule has 0 bridgehead atoms. The first-order valence-corrected chi connectivity index (χ1v) is 8.83. The Bertz CT molecular complexity index is 920. The van der Waals surface area contributed by atoms with E-state index in [0.29, 0.717) is 28.8 Å². The summed E-state index contributed by atoms with van der Waals surface area (Å²) in [6.45, 7) is 2.36. The second-order valence-corrected chi connectivity index (χ2v) is 6.45. The Hall–Kier alpha value is -2.81. The molecular weight excluding hydrogens is 368 g/mol. The van der Waals surface area contributed by atoms with Crippen LogP contribution in [0.1, 0.15) is 22.0 Å². The second-order valence-electron chi connectivity index (χ2n) is 6.01. The lowest BCUT2D eigenvalue weighted by Crippen LogP contribution is -2.33. The van der Waals surface area contributed by atoms with Gasteiger partial charge in [-0.05, 0) is 17.7 Å². The summed E-state index contributed by atoms with van der Waals surface area (Å²) in [6, 6.07) is 7.63. The van der Waals surface area contributed by atoms with E-state index >= 15 is 0 Å². The van der Waals surface area contributed by atoms with Crippen molar-refractivity contribution in [2.45, 2.75) is 6.10 Å². The molecular formula is C18H17ClN6O2. The van der Waals surface area contributed by atoms with E-state index in [1.165, 1.54) is 23.3 Å². The topological polar surface area (TPSA) is 94.0 Å². The fourth-order valence-electron chi connectivity index (χ4n) is 2.74. The van der Waals surface area contributed by atoms with E-state index in [1.807, 2.05) is 24.3 Å². The highest BCUT2D eigenvalue weighted by atomic mass is 35.5. The van der Waals surface area contributed by atoms with Crippen LogP contribution in [-0.4, -0.2) is 45.4 Å². The fourth-order valence-corrected chi connectivity index (χ4v) is 2.83. The molecule has 1 amide bonds. The third kappa shape index (κ3) is 4.13. The summed E-state index contributed by atoms with van der Waals surface area (Å²) in [5.74, 6) is 0.0717. The van der Waals surface area contributed by atoms with Gasteiger partial charge < -0.3 is 15.4 Å². The monoisotopic (exact) mass is 384 g/mol. The summed E-state index contributed by atoms with van der Waals surface area (Å²) < 4.78 is 7.14. The van der Waals surface area contributed by atoms with Gasteiger partial charge in [0.1, 0.15) is 0 Å². The van der Waals surface area contributed by atoms with Gasteiger partial charge in [0.05, 0.1) is 41.9 Å². The van der Waals surface area contributed by atoms with Crippen LogP contribution in [0, 0.1) is 0 Å². The highest BCUT2D eigenvalue weighted by Gasteiger charge is 2.16. The van der Waals surface area contributed by atoms with E-state index < -0.39 is 0 Å². The van der Waals surface area contributed by atoms with Gasteiger partial charge in [0.25, 0.3) is 11.9 Å². The molecule has 3 heterocycles. The molecule has 9 heteroatoms.